The summed E-state index contributed by atoms with van der Waals surface area (Å²) in [5.74, 6) is -0.975. The Kier molecular flexibility index (Phi) is 4.12. The molecule has 25 heavy (non-hydrogen) atoms. The van der Waals surface area contributed by atoms with E-state index in [0.29, 0.717) is 5.69 Å². The van der Waals surface area contributed by atoms with Gasteiger partial charge in [0.1, 0.15) is 4.90 Å². The molecule has 2 aromatic carbocycles. The second-order valence-corrected chi connectivity index (χ2v) is 7.74. The highest BCUT2D eigenvalue weighted by molar-refractivity contribution is 7.90. The molecule has 6 nitrogen and oxygen atoms in total. The summed E-state index contributed by atoms with van der Waals surface area (Å²) in [6.07, 6.45) is 0. The van der Waals surface area contributed by atoms with Gasteiger partial charge in [0.05, 0.1) is 5.56 Å². The summed E-state index contributed by atoms with van der Waals surface area (Å²) in [6, 6.07) is 9.79. The molecule has 0 radical (unpaired) electrons. The van der Waals surface area contributed by atoms with Crippen LogP contribution < -0.4 is 5.32 Å². The lowest BCUT2D eigenvalue weighted by molar-refractivity contribution is 0.0875. The lowest BCUT2D eigenvalue weighted by Crippen LogP contribution is -2.29. The van der Waals surface area contributed by atoms with Gasteiger partial charge in [0.2, 0.25) is 0 Å². The molecule has 0 aromatic heterocycles. The molecule has 7 heteroatoms. The Balaban J connectivity index is 1.99. The molecule has 0 saturated heterocycles. The number of aryl methyl sites for hydroxylation is 2. The summed E-state index contributed by atoms with van der Waals surface area (Å²) in [5.41, 5.74) is 2.81. The molecule has 0 unspecified atom stereocenters. The number of hydrogen-bond donors (Lipinski definition) is 1. The Morgan fingerprint density at radius 2 is 1.76 bits per heavy atom. The standard InChI is InChI=1S/C18H18N2O4S/c1-4-20-18(22)14-9-8-13(10-15(14)25(20,23)24)17(21)19-16-11(2)6-5-7-12(16)3/h5-10H,4H2,1-3H3,(H,19,21). The zero-order chi connectivity index (χ0) is 18.4. The molecule has 130 valence electrons. The third-order valence-corrected chi connectivity index (χ3v) is 6.17. The molecule has 0 bridgehead atoms. The summed E-state index contributed by atoms with van der Waals surface area (Å²) < 4.78 is 25.7. The minimum atomic E-state index is -3.89. The first kappa shape index (κ1) is 17.2. The maximum absolute atomic E-state index is 12.6. The Hall–Kier alpha value is -2.67. The van der Waals surface area contributed by atoms with Crippen molar-refractivity contribution in [3.8, 4) is 0 Å². The monoisotopic (exact) mass is 358 g/mol. The van der Waals surface area contributed by atoms with Gasteiger partial charge in [-0.2, -0.15) is 0 Å². The predicted octanol–water partition coefficient (Wildman–Crippen LogP) is 2.72. The van der Waals surface area contributed by atoms with Crippen molar-refractivity contribution < 1.29 is 18.0 Å². The van der Waals surface area contributed by atoms with E-state index in [-0.39, 0.29) is 22.6 Å². The summed E-state index contributed by atoms with van der Waals surface area (Å²) in [7, 11) is -3.89. The maximum Gasteiger partial charge on any atom is 0.268 e. The fraction of sp³-hybridized carbons (Fsp3) is 0.222. The number of benzene rings is 2. The van der Waals surface area contributed by atoms with Crippen LogP contribution in [0.3, 0.4) is 0 Å². The van der Waals surface area contributed by atoms with E-state index >= 15 is 0 Å². The normalized spacial score (nSPS) is 15.2. The topological polar surface area (TPSA) is 83.6 Å². The number of carbonyl (C=O) groups is 2. The van der Waals surface area contributed by atoms with Crippen LogP contribution in [0, 0.1) is 13.8 Å². The Morgan fingerprint density at radius 1 is 1.12 bits per heavy atom. The van der Waals surface area contributed by atoms with E-state index < -0.39 is 21.8 Å². The Bertz CT molecular complexity index is 976. The van der Waals surface area contributed by atoms with Gasteiger partial charge in [0, 0.05) is 17.8 Å². The fourth-order valence-electron chi connectivity index (χ4n) is 2.93. The number of rotatable bonds is 3. The highest BCUT2D eigenvalue weighted by Gasteiger charge is 2.40. The molecule has 1 aliphatic rings. The fourth-order valence-corrected chi connectivity index (χ4v) is 4.53. The van der Waals surface area contributed by atoms with Gasteiger partial charge in [-0.15, -0.1) is 0 Å². The summed E-state index contributed by atoms with van der Waals surface area (Å²) in [5, 5.41) is 2.82. The Labute approximate surface area is 146 Å². The van der Waals surface area contributed by atoms with Gasteiger partial charge in [0.25, 0.3) is 21.8 Å². The van der Waals surface area contributed by atoms with Crippen molar-refractivity contribution in [2.75, 3.05) is 11.9 Å². The SMILES string of the molecule is CCN1C(=O)c2ccc(C(=O)Nc3c(C)cccc3C)cc2S1(=O)=O. The van der Waals surface area contributed by atoms with E-state index in [4.69, 9.17) is 0 Å². The van der Waals surface area contributed by atoms with Gasteiger partial charge < -0.3 is 5.32 Å². The molecular weight excluding hydrogens is 340 g/mol. The number of nitrogens with one attached hydrogen (secondary N) is 1. The van der Waals surface area contributed by atoms with Crippen molar-refractivity contribution in [2.45, 2.75) is 25.7 Å². The van der Waals surface area contributed by atoms with Crippen molar-refractivity contribution in [3.05, 3.63) is 58.7 Å². The third kappa shape index (κ3) is 2.70. The molecule has 0 fully saturated rings. The number of para-hydroxylation sites is 1. The first-order chi connectivity index (χ1) is 11.8. The number of amides is 2. The number of carbonyl (C=O) groups excluding carboxylic acids is 2. The molecule has 3 rings (SSSR count). The molecule has 1 N–H and O–H groups in total. The molecule has 0 spiro atoms. The Morgan fingerprint density at radius 3 is 2.36 bits per heavy atom. The van der Waals surface area contributed by atoms with Crippen LogP contribution in [0.4, 0.5) is 5.69 Å². The zero-order valence-corrected chi connectivity index (χ0v) is 15.0. The highest BCUT2D eigenvalue weighted by atomic mass is 32.2. The van der Waals surface area contributed by atoms with Crippen molar-refractivity contribution in [2.24, 2.45) is 0 Å². The van der Waals surface area contributed by atoms with Crippen molar-refractivity contribution in [1.29, 1.82) is 0 Å². The molecular formula is C18H18N2O4S. The molecule has 1 heterocycles. The number of hydrogen-bond acceptors (Lipinski definition) is 4. The molecule has 1 aliphatic heterocycles. The molecule has 0 atom stereocenters. The quantitative estimate of drug-likeness (QED) is 0.914. The summed E-state index contributed by atoms with van der Waals surface area (Å²) >= 11 is 0. The average Bonchev–Trinajstić information content (AvgIpc) is 2.76. The minimum Gasteiger partial charge on any atom is -0.322 e. The number of anilines is 1. The van der Waals surface area contributed by atoms with E-state index in [0.717, 1.165) is 15.4 Å². The van der Waals surface area contributed by atoms with Crippen LogP contribution in [0.2, 0.25) is 0 Å². The van der Waals surface area contributed by atoms with Crippen LogP contribution in [-0.4, -0.2) is 31.1 Å². The van der Waals surface area contributed by atoms with Gasteiger partial charge in [-0.3, -0.25) is 9.59 Å². The lowest BCUT2D eigenvalue weighted by Gasteiger charge is -2.12. The van der Waals surface area contributed by atoms with Gasteiger partial charge >= 0.3 is 0 Å². The molecule has 0 saturated carbocycles. The average molecular weight is 358 g/mol. The van der Waals surface area contributed by atoms with Gasteiger partial charge in [-0.25, -0.2) is 12.7 Å². The van der Waals surface area contributed by atoms with Crippen LogP contribution in [0.25, 0.3) is 0 Å². The van der Waals surface area contributed by atoms with Gasteiger partial charge in [-0.1, -0.05) is 18.2 Å². The van der Waals surface area contributed by atoms with Crippen LogP contribution in [-0.2, 0) is 10.0 Å². The van der Waals surface area contributed by atoms with Gasteiger partial charge in [-0.05, 0) is 50.1 Å². The zero-order valence-electron chi connectivity index (χ0n) is 14.2. The third-order valence-electron chi connectivity index (χ3n) is 4.28. The van der Waals surface area contributed by atoms with Crippen LogP contribution in [0.15, 0.2) is 41.3 Å². The van der Waals surface area contributed by atoms with Crippen LogP contribution in [0.1, 0.15) is 38.8 Å². The summed E-state index contributed by atoms with van der Waals surface area (Å²) in [4.78, 5) is 24.6. The van der Waals surface area contributed by atoms with Crippen LogP contribution >= 0.6 is 0 Å². The highest BCUT2D eigenvalue weighted by Crippen LogP contribution is 2.31. The van der Waals surface area contributed by atoms with Crippen molar-refractivity contribution >= 4 is 27.5 Å². The van der Waals surface area contributed by atoms with E-state index in [1.54, 1.807) is 6.92 Å². The number of sulfonamides is 1. The smallest absolute Gasteiger partial charge is 0.268 e. The van der Waals surface area contributed by atoms with Crippen LogP contribution in [0.5, 0.6) is 0 Å². The van der Waals surface area contributed by atoms with E-state index in [1.807, 2.05) is 32.0 Å². The molecule has 2 aromatic rings. The first-order valence-corrected chi connectivity index (χ1v) is 9.30. The number of nitrogens with zero attached hydrogens (tertiary/aromatic N) is 1. The van der Waals surface area contributed by atoms with Gasteiger partial charge in [0.15, 0.2) is 0 Å². The minimum absolute atomic E-state index is 0.0553. The van der Waals surface area contributed by atoms with Crippen molar-refractivity contribution in [3.63, 3.8) is 0 Å². The lowest BCUT2D eigenvalue weighted by atomic mass is 10.1. The first-order valence-electron chi connectivity index (χ1n) is 7.86. The predicted molar refractivity (Wildman–Crippen MR) is 94.2 cm³/mol. The van der Waals surface area contributed by atoms with E-state index in [9.17, 15) is 18.0 Å². The maximum atomic E-state index is 12.6. The molecule has 2 amide bonds. The summed E-state index contributed by atoms with van der Waals surface area (Å²) in [6.45, 7) is 5.41. The second-order valence-electron chi connectivity index (χ2n) is 5.91. The van der Waals surface area contributed by atoms with E-state index in [2.05, 4.69) is 5.32 Å². The van der Waals surface area contributed by atoms with Crippen molar-refractivity contribution in [1.82, 2.24) is 4.31 Å². The second kappa shape index (κ2) is 6.00. The molecule has 0 aliphatic carbocycles. The largest absolute Gasteiger partial charge is 0.322 e. The number of fused-ring (bicyclic) bond motifs is 1. The van der Waals surface area contributed by atoms with E-state index in [1.165, 1.54) is 18.2 Å².